The molecule has 1 N–H and O–H groups in total. The Morgan fingerprint density at radius 2 is 1.80 bits per heavy atom. The van der Waals surface area contributed by atoms with Gasteiger partial charge in [-0.2, -0.15) is 5.26 Å². The van der Waals surface area contributed by atoms with E-state index in [1.807, 2.05) is 34.9 Å². The standard InChI is InChI=1S/C33H32N6O3S2/c34-20-25-8-10-26(11-9-25)22-38-24-35-21-29(38)23-39(44(41,42)30-6-2-1-3-7-30)28-12-13-31-27(18-28)19-32(43-31)33(40)36-14-17-37-15-4-5-16-37/h1-3,6-13,18-19,21,24H,4-5,14-17,22-23H2,(H,36,40). The average Bonchev–Trinajstić information content (AvgIpc) is 3.82. The quantitative estimate of drug-likeness (QED) is 0.215. The van der Waals surface area contributed by atoms with Crippen LogP contribution in [0.4, 0.5) is 5.69 Å². The molecule has 0 bridgehead atoms. The number of imidazole rings is 1. The zero-order valence-corrected chi connectivity index (χ0v) is 25.7. The summed E-state index contributed by atoms with van der Waals surface area (Å²) in [6.45, 7) is 4.12. The number of nitrogens with one attached hydrogen (secondary N) is 1. The fourth-order valence-corrected chi connectivity index (χ4v) is 7.81. The predicted molar refractivity (Wildman–Crippen MR) is 172 cm³/mol. The number of aromatic nitrogens is 2. The smallest absolute Gasteiger partial charge is 0.264 e. The topological polar surface area (TPSA) is 111 Å². The summed E-state index contributed by atoms with van der Waals surface area (Å²) >= 11 is 1.40. The zero-order valence-electron chi connectivity index (χ0n) is 24.1. The molecule has 3 heterocycles. The summed E-state index contributed by atoms with van der Waals surface area (Å²) in [5.41, 5.74) is 2.74. The Labute approximate surface area is 261 Å². The monoisotopic (exact) mass is 624 g/mol. The minimum Gasteiger partial charge on any atom is -0.350 e. The van der Waals surface area contributed by atoms with Gasteiger partial charge in [-0.15, -0.1) is 11.3 Å². The molecular weight excluding hydrogens is 593 g/mol. The predicted octanol–water partition coefficient (Wildman–Crippen LogP) is 5.24. The second kappa shape index (κ2) is 13.0. The van der Waals surface area contributed by atoms with E-state index in [-0.39, 0.29) is 17.3 Å². The first kappa shape index (κ1) is 29.6. The molecule has 0 aliphatic carbocycles. The van der Waals surface area contributed by atoms with E-state index in [9.17, 15) is 13.2 Å². The number of amides is 1. The molecule has 3 aromatic carbocycles. The Bertz CT molecular complexity index is 1900. The number of nitrogens with zero attached hydrogens (tertiary/aromatic N) is 5. The fourth-order valence-electron chi connectivity index (χ4n) is 5.40. The minimum absolute atomic E-state index is 0.0486. The van der Waals surface area contributed by atoms with E-state index in [2.05, 4.69) is 21.3 Å². The van der Waals surface area contributed by atoms with Gasteiger partial charge in [0.05, 0.1) is 45.7 Å². The van der Waals surface area contributed by atoms with Gasteiger partial charge in [0, 0.05) is 30.5 Å². The van der Waals surface area contributed by atoms with Gasteiger partial charge in [0.1, 0.15) is 0 Å². The summed E-state index contributed by atoms with van der Waals surface area (Å²) in [7, 11) is -3.95. The lowest BCUT2D eigenvalue weighted by atomic mass is 10.1. The molecular formula is C33H32N6O3S2. The first-order chi connectivity index (χ1) is 21.4. The molecule has 0 saturated carbocycles. The lowest BCUT2D eigenvalue weighted by molar-refractivity contribution is 0.0954. The molecule has 6 rings (SSSR count). The number of carbonyl (C=O) groups is 1. The average molecular weight is 625 g/mol. The third-order valence-electron chi connectivity index (χ3n) is 7.80. The van der Waals surface area contributed by atoms with Gasteiger partial charge in [0.25, 0.3) is 15.9 Å². The molecule has 0 spiro atoms. The number of hydrogen-bond acceptors (Lipinski definition) is 7. The highest BCUT2D eigenvalue weighted by Gasteiger charge is 2.27. The van der Waals surface area contributed by atoms with E-state index < -0.39 is 10.0 Å². The number of carbonyl (C=O) groups excluding carboxylic acids is 1. The van der Waals surface area contributed by atoms with Crippen molar-refractivity contribution >= 4 is 43.0 Å². The molecule has 5 aromatic rings. The second-order valence-electron chi connectivity index (χ2n) is 10.8. The van der Waals surface area contributed by atoms with Crippen LogP contribution in [-0.4, -0.2) is 55.0 Å². The summed E-state index contributed by atoms with van der Waals surface area (Å²) < 4.78 is 32.4. The first-order valence-corrected chi connectivity index (χ1v) is 16.8. The summed E-state index contributed by atoms with van der Waals surface area (Å²) in [5, 5.41) is 13.0. The van der Waals surface area contributed by atoms with Gasteiger partial charge in [-0.25, -0.2) is 13.4 Å². The van der Waals surface area contributed by atoms with Crippen LogP contribution in [0, 0.1) is 11.3 Å². The van der Waals surface area contributed by atoms with Crippen molar-refractivity contribution in [1.82, 2.24) is 19.8 Å². The van der Waals surface area contributed by atoms with Crippen LogP contribution in [0.2, 0.25) is 0 Å². The number of sulfonamides is 1. The Balaban J connectivity index is 1.28. The number of thiophene rings is 1. The molecule has 1 saturated heterocycles. The van der Waals surface area contributed by atoms with Crippen molar-refractivity contribution in [1.29, 1.82) is 5.26 Å². The molecule has 224 valence electrons. The van der Waals surface area contributed by atoms with Crippen LogP contribution in [0.25, 0.3) is 10.1 Å². The maximum atomic E-state index is 14.1. The van der Waals surface area contributed by atoms with Crippen molar-refractivity contribution < 1.29 is 13.2 Å². The maximum Gasteiger partial charge on any atom is 0.264 e. The van der Waals surface area contributed by atoms with Gasteiger partial charge in [0.15, 0.2) is 0 Å². The van der Waals surface area contributed by atoms with Crippen molar-refractivity contribution in [3.05, 3.63) is 113 Å². The van der Waals surface area contributed by atoms with Gasteiger partial charge >= 0.3 is 0 Å². The van der Waals surface area contributed by atoms with Gasteiger partial charge in [-0.3, -0.25) is 9.10 Å². The van der Waals surface area contributed by atoms with E-state index >= 15 is 0 Å². The zero-order chi connectivity index (χ0) is 30.5. The van der Waals surface area contributed by atoms with Crippen LogP contribution in [0.1, 0.15) is 39.3 Å². The SMILES string of the molecule is N#Cc1ccc(Cn2cncc2CN(c2ccc3sc(C(=O)NCCN4CCCC4)cc3c2)S(=O)(=O)c2ccccc2)cc1. The number of benzene rings is 3. The van der Waals surface area contributed by atoms with E-state index in [1.165, 1.54) is 28.5 Å². The Morgan fingerprint density at radius 1 is 1.02 bits per heavy atom. The molecule has 1 fully saturated rings. The number of hydrogen-bond donors (Lipinski definition) is 1. The van der Waals surface area contributed by atoms with Crippen LogP contribution in [0.5, 0.6) is 0 Å². The molecule has 9 nitrogen and oxygen atoms in total. The maximum absolute atomic E-state index is 14.1. The van der Waals surface area contributed by atoms with E-state index in [1.54, 1.807) is 61.1 Å². The number of fused-ring (bicyclic) bond motifs is 1. The number of rotatable bonds is 11. The summed E-state index contributed by atoms with van der Waals surface area (Å²) in [4.78, 5) is 20.4. The van der Waals surface area contributed by atoms with Crippen LogP contribution in [0.15, 0.2) is 96.3 Å². The highest BCUT2D eigenvalue weighted by Crippen LogP contribution is 2.33. The third kappa shape index (κ3) is 6.53. The van der Waals surface area contributed by atoms with E-state index in [4.69, 9.17) is 5.26 Å². The highest BCUT2D eigenvalue weighted by atomic mass is 32.2. The largest absolute Gasteiger partial charge is 0.350 e. The summed E-state index contributed by atoms with van der Waals surface area (Å²) in [6, 6.07) is 25.1. The molecule has 44 heavy (non-hydrogen) atoms. The molecule has 1 amide bonds. The molecule has 0 unspecified atom stereocenters. The van der Waals surface area contributed by atoms with Crippen molar-refractivity contribution in [3.63, 3.8) is 0 Å². The van der Waals surface area contributed by atoms with Crippen LogP contribution in [-0.2, 0) is 23.1 Å². The number of anilines is 1. The van der Waals surface area contributed by atoms with E-state index in [0.717, 1.165) is 35.3 Å². The van der Waals surface area contributed by atoms with Crippen molar-refractivity contribution in [3.8, 4) is 6.07 Å². The molecule has 11 heteroatoms. The van der Waals surface area contributed by atoms with Gasteiger partial charge in [-0.1, -0.05) is 30.3 Å². The highest BCUT2D eigenvalue weighted by molar-refractivity contribution is 7.92. The Kier molecular flexibility index (Phi) is 8.74. The van der Waals surface area contributed by atoms with Crippen molar-refractivity contribution in [2.24, 2.45) is 0 Å². The molecule has 0 radical (unpaired) electrons. The fraction of sp³-hybridized carbons (Fsp3) is 0.242. The lowest BCUT2D eigenvalue weighted by Crippen LogP contribution is -2.33. The third-order valence-corrected chi connectivity index (χ3v) is 10.7. The number of nitriles is 1. The molecule has 1 aliphatic rings. The lowest BCUT2D eigenvalue weighted by Gasteiger charge is -2.25. The Morgan fingerprint density at radius 3 is 2.55 bits per heavy atom. The molecule has 1 aliphatic heterocycles. The Hall–Kier alpha value is -4.50. The summed E-state index contributed by atoms with van der Waals surface area (Å²) in [5.74, 6) is -0.118. The van der Waals surface area contributed by atoms with Crippen molar-refractivity contribution in [2.75, 3.05) is 30.5 Å². The van der Waals surface area contributed by atoms with Crippen LogP contribution >= 0.6 is 11.3 Å². The van der Waals surface area contributed by atoms with Crippen LogP contribution in [0.3, 0.4) is 0 Å². The second-order valence-corrected chi connectivity index (χ2v) is 13.7. The molecule has 2 aromatic heterocycles. The number of likely N-dealkylation sites (tertiary alicyclic amines) is 1. The summed E-state index contributed by atoms with van der Waals surface area (Å²) in [6.07, 6.45) is 5.77. The van der Waals surface area contributed by atoms with Crippen molar-refractivity contribution in [2.45, 2.75) is 30.8 Å². The van der Waals surface area contributed by atoms with E-state index in [0.29, 0.717) is 34.9 Å². The van der Waals surface area contributed by atoms with Crippen LogP contribution < -0.4 is 9.62 Å². The first-order valence-electron chi connectivity index (χ1n) is 14.5. The molecule has 0 atom stereocenters. The van der Waals surface area contributed by atoms with Gasteiger partial charge in [-0.05, 0) is 85.4 Å². The van der Waals surface area contributed by atoms with Gasteiger partial charge < -0.3 is 14.8 Å². The minimum atomic E-state index is -3.95. The normalized spacial score (nSPS) is 13.6. The van der Waals surface area contributed by atoms with Gasteiger partial charge in [0.2, 0.25) is 0 Å².